The highest BCUT2D eigenvalue weighted by Gasteiger charge is 2.10. The van der Waals surface area contributed by atoms with Gasteiger partial charge in [0.05, 0.1) is 11.4 Å². The lowest BCUT2D eigenvalue weighted by atomic mass is 10.1. The van der Waals surface area contributed by atoms with E-state index in [0.717, 1.165) is 5.69 Å². The number of benzene rings is 2. The zero-order valence-corrected chi connectivity index (χ0v) is 14.3. The number of hydrogen-bond acceptors (Lipinski definition) is 5. The summed E-state index contributed by atoms with van der Waals surface area (Å²) in [5.74, 6) is -1.18. The fourth-order valence-electron chi connectivity index (χ4n) is 2.21. The van der Waals surface area contributed by atoms with E-state index in [4.69, 9.17) is 10.8 Å². The number of carboxylic acid groups (broad SMARTS) is 1. The van der Waals surface area contributed by atoms with Crippen molar-refractivity contribution in [3.8, 4) is 0 Å². The average molecular weight is 354 g/mol. The maximum atomic E-state index is 12.1. The Balaban J connectivity index is 1.76. The number of rotatable bonds is 9. The van der Waals surface area contributed by atoms with Crippen molar-refractivity contribution < 1.29 is 14.7 Å². The number of carbonyl (C=O) groups is 2. The Hall–Kier alpha value is -3.06. The van der Waals surface area contributed by atoms with Crippen LogP contribution in [0.5, 0.6) is 0 Å². The second kappa shape index (κ2) is 10.0. The molecule has 0 unspecified atom stereocenters. The summed E-state index contributed by atoms with van der Waals surface area (Å²) in [7, 11) is 0. The average Bonchev–Trinajstić information content (AvgIpc) is 2.67. The highest BCUT2D eigenvalue weighted by atomic mass is 16.4. The third-order valence-electron chi connectivity index (χ3n) is 3.71. The molecule has 1 amide bonds. The molecule has 0 aliphatic rings. The molecule has 0 heterocycles. The molecule has 0 bridgehead atoms. The predicted molar refractivity (Wildman–Crippen MR) is 98.9 cm³/mol. The van der Waals surface area contributed by atoms with E-state index in [0.29, 0.717) is 37.1 Å². The monoisotopic (exact) mass is 354 g/mol. The van der Waals surface area contributed by atoms with E-state index in [1.54, 1.807) is 24.3 Å². The Labute approximate surface area is 151 Å². The second-order valence-corrected chi connectivity index (χ2v) is 5.78. The molecular weight excluding hydrogens is 332 g/mol. The third-order valence-corrected chi connectivity index (χ3v) is 3.71. The van der Waals surface area contributed by atoms with Crippen LogP contribution in [0.15, 0.2) is 64.8 Å². The second-order valence-electron chi connectivity index (χ2n) is 5.78. The molecule has 2 rings (SSSR count). The Bertz CT molecular complexity index is 745. The number of aliphatic carboxylic acids is 1. The van der Waals surface area contributed by atoms with Crippen molar-refractivity contribution in [3.05, 3.63) is 60.2 Å². The first-order chi connectivity index (χ1) is 12.6. The highest BCUT2D eigenvalue weighted by molar-refractivity contribution is 5.94. The quantitative estimate of drug-likeness (QED) is 0.472. The summed E-state index contributed by atoms with van der Waals surface area (Å²) in [6.45, 7) is 0.473. The molecule has 136 valence electrons. The number of amides is 1. The highest BCUT2D eigenvalue weighted by Crippen LogP contribution is 2.18. The Morgan fingerprint density at radius 1 is 0.962 bits per heavy atom. The summed E-state index contributed by atoms with van der Waals surface area (Å²) < 4.78 is 0. The van der Waals surface area contributed by atoms with Gasteiger partial charge in [-0.3, -0.25) is 9.59 Å². The zero-order chi connectivity index (χ0) is 18.8. The van der Waals surface area contributed by atoms with E-state index in [-0.39, 0.29) is 5.91 Å². The fourth-order valence-corrected chi connectivity index (χ4v) is 2.21. The van der Waals surface area contributed by atoms with Crippen molar-refractivity contribution in [2.24, 2.45) is 16.0 Å². The largest absolute Gasteiger partial charge is 0.480 e. The van der Waals surface area contributed by atoms with Crippen LogP contribution in [-0.2, 0) is 4.79 Å². The summed E-state index contributed by atoms with van der Waals surface area (Å²) in [6.07, 6.45) is 1.72. The van der Waals surface area contributed by atoms with Gasteiger partial charge in [-0.25, -0.2) is 0 Å². The number of unbranched alkanes of at least 4 members (excludes halogenated alkanes) is 1. The van der Waals surface area contributed by atoms with Crippen LogP contribution in [0.25, 0.3) is 0 Å². The molecule has 0 radical (unpaired) electrons. The molecule has 0 saturated carbocycles. The van der Waals surface area contributed by atoms with Crippen molar-refractivity contribution in [1.29, 1.82) is 0 Å². The lowest BCUT2D eigenvalue weighted by Gasteiger charge is -2.07. The summed E-state index contributed by atoms with van der Waals surface area (Å²) in [6, 6.07) is 15.4. The van der Waals surface area contributed by atoms with E-state index < -0.39 is 12.0 Å². The van der Waals surface area contributed by atoms with Crippen molar-refractivity contribution in [2.45, 2.75) is 25.3 Å². The molecule has 7 nitrogen and oxygen atoms in total. The van der Waals surface area contributed by atoms with Gasteiger partial charge in [-0.2, -0.15) is 10.2 Å². The van der Waals surface area contributed by atoms with E-state index in [2.05, 4.69) is 15.5 Å². The summed E-state index contributed by atoms with van der Waals surface area (Å²) >= 11 is 0. The van der Waals surface area contributed by atoms with Crippen LogP contribution in [-0.4, -0.2) is 29.6 Å². The Morgan fingerprint density at radius 3 is 2.19 bits per heavy atom. The molecule has 4 N–H and O–H groups in total. The van der Waals surface area contributed by atoms with E-state index in [9.17, 15) is 9.59 Å². The minimum Gasteiger partial charge on any atom is -0.480 e. The molecule has 2 aromatic carbocycles. The van der Waals surface area contributed by atoms with Gasteiger partial charge in [-0.05, 0) is 55.7 Å². The molecular formula is C19H22N4O3. The van der Waals surface area contributed by atoms with Crippen LogP contribution in [0.1, 0.15) is 29.6 Å². The predicted octanol–water partition coefficient (Wildman–Crippen LogP) is 3.41. The number of nitrogens with two attached hydrogens (primary N) is 1. The molecule has 0 spiro atoms. The van der Waals surface area contributed by atoms with Crippen LogP contribution in [0.3, 0.4) is 0 Å². The standard InChI is InChI=1S/C19H22N4O3/c20-17(19(25)26)8-4-5-13-21-18(24)14-9-11-16(12-10-14)23-22-15-6-2-1-3-7-15/h1-3,6-7,9-12,17H,4-5,8,13,20H2,(H,21,24)(H,25,26)/t17-/m0/s1. The smallest absolute Gasteiger partial charge is 0.320 e. The van der Waals surface area contributed by atoms with Crippen molar-refractivity contribution in [1.82, 2.24) is 5.32 Å². The van der Waals surface area contributed by atoms with Crippen LogP contribution in [0.2, 0.25) is 0 Å². The fraction of sp³-hybridized carbons (Fsp3) is 0.263. The number of nitrogens with one attached hydrogen (secondary N) is 1. The summed E-state index contributed by atoms with van der Waals surface area (Å²) in [4.78, 5) is 22.7. The first-order valence-corrected chi connectivity index (χ1v) is 8.39. The minimum absolute atomic E-state index is 0.181. The van der Waals surface area contributed by atoms with Crippen molar-refractivity contribution >= 4 is 23.3 Å². The molecule has 0 aromatic heterocycles. The van der Waals surface area contributed by atoms with E-state index in [1.807, 2.05) is 30.3 Å². The number of nitrogens with zero attached hydrogens (tertiary/aromatic N) is 2. The van der Waals surface area contributed by atoms with Crippen molar-refractivity contribution in [3.63, 3.8) is 0 Å². The van der Waals surface area contributed by atoms with Gasteiger partial charge in [-0.1, -0.05) is 18.2 Å². The van der Waals surface area contributed by atoms with Gasteiger partial charge in [-0.15, -0.1) is 0 Å². The van der Waals surface area contributed by atoms with Gasteiger partial charge in [0, 0.05) is 12.1 Å². The minimum atomic E-state index is -1.00. The van der Waals surface area contributed by atoms with Gasteiger partial charge in [0.1, 0.15) is 6.04 Å². The number of carboxylic acids is 1. The van der Waals surface area contributed by atoms with Crippen LogP contribution in [0, 0.1) is 0 Å². The first kappa shape index (κ1) is 19.3. The van der Waals surface area contributed by atoms with Gasteiger partial charge in [0.25, 0.3) is 5.91 Å². The molecule has 0 aliphatic carbocycles. The normalized spacial score (nSPS) is 12.0. The topological polar surface area (TPSA) is 117 Å². The maximum absolute atomic E-state index is 12.1. The van der Waals surface area contributed by atoms with Gasteiger partial charge < -0.3 is 16.2 Å². The molecule has 7 heteroatoms. The zero-order valence-electron chi connectivity index (χ0n) is 14.3. The number of hydrogen-bond donors (Lipinski definition) is 3. The summed E-state index contributed by atoms with van der Waals surface area (Å²) in [5.41, 5.74) is 7.38. The Morgan fingerprint density at radius 2 is 1.58 bits per heavy atom. The third kappa shape index (κ3) is 6.45. The molecule has 0 aliphatic heterocycles. The Kier molecular flexibility index (Phi) is 7.45. The number of carbonyl (C=O) groups excluding carboxylic acids is 1. The molecule has 1 atom stereocenters. The lowest BCUT2D eigenvalue weighted by molar-refractivity contribution is -0.138. The van der Waals surface area contributed by atoms with Crippen molar-refractivity contribution in [2.75, 3.05) is 6.54 Å². The molecule has 2 aromatic rings. The summed E-state index contributed by atoms with van der Waals surface area (Å²) in [5, 5.41) is 19.7. The van der Waals surface area contributed by atoms with E-state index >= 15 is 0 Å². The van der Waals surface area contributed by atoms with E-state index in [1.165, 1.54) is 0 Å². The van der Waals surface area contributed by atoms with Crippen LogP contribution >= 0.6 is 0 Å². The maximum Gasteiger partial charge on any atom is 0.320 e. The lowest BCUT2D eigenvalue weighted by Crippen LogP contribution is -2.30. The SMILES string of the molecule is N[C@@H](CCCCNC(=O)c1ccc(N=Nc2ccccc2)cc1)C(=O)O. The van der Waals surface area contributed by atoms with Crippen LogP contribution < -0.4 is 11.1 Å². The molecule has 0 saturated heterocycles. The van der Waals surface area contributed by atoms with Crippen LogP contribution in [0.4, 0.5) is 11.4 Å². The van der Waals surface area contributed by atoms with Gasteiger partial charge >= 0.3 is 5.97 Å². The molecule has 0 fully saturated rings. The van der Waals surface area contributed by atoms with Gasteiger partial charge in [0.2, 0.25) is 0 Å². The molecule has 26 heavy (non-hydrogen) atoms. The number of azo groups is 1. The first-order valence-electron chi connectivity index (χ1n) is 8.39. The van der Waals surface area contributed by atoms with Gasteiger partial charge in [0.15, 0.2) is 0 Å².